The van der Waals surface area contributed by atoms with E-state index >= 15 is 0 Å². The highest BCUT2D eigenvalue weighted by Crippen LogP contribution is 2.10. The van der Waals surface area contributed by atoms with Crippen LogP contribution in [-0.2, 0) is 9.53 Å². The summed E-state index contributed by atoms with van der Waals surface area (Å²) in [6, 6.07) is 5.38. The normalized spacial score (nSPS) is 9.89. The Kier molecular flexibility index (Phi) is 6.56. The topological polar surface area (TPSA) is 72.5 Å². The van der Waals surface area contributed by atoms with E-state index in [2.05, 4.69) is 15.6 Å². The van der Waals surface area contributed by atoms with Crippen LogP contribution in [0.25, 0.3) is 0 Å². The van der Waals surface area contributed by atoms with E-state index in [9.17, 15) is 4.79 Å². The van der Waals surface area contributed by atoms with Crippen molar-refractivity contribution in [2.24, 2.45) is 0 Å². The van der Waals surface area contributed by atoms with Crippen LogP contribution in [0.2, 0.25) is 0 Å². The van der Waals surface area contributed by atoms with Gasteiger partial charge in [0.05, 0.1) is 19.8 Å². The molecule has 0 atom stereocenters. The Labute approximate surface area is 107 Å². The Morgan fingerprint density at radius 2 is 2.28 bits per heavy atom. The van der Waals surface area contributed by atoms with Crippen LogP contribution >= 0.6 is 0 Å². The number of ether oxygens (including phenoxy) is 2. The van der Waals surface area contributed by atoms with E-state index in [0.717, 1.165) is 0 Å². The molecule has 0 spiro atoms. The highest BCUT2D eigenvalue weighted by molar-refractivity contribution is 5.80. The average molecular weight is 253 g/mol. The molecule has 0 saturated carbocycles. The van der Waals surface area contributed by atoms with Crippen molar-refractivity contribution in [3.8, 4) is 5.88 Å². The van der Waals surface area contributed by atoms with Crippen LogP contribution in [0.3, 0.4) is 0 Å². The van der Waals surface area contributed by atoms with Gasteiger partial charge in [-0.1, -0.05) is 6.07 Å². The maximum Gasteiger partial charge on any atom is 0.239 e. The fourth-order valence-corrected chi connectivity index (χ4v) is 1.27. The van der Waals surface area contributed by atoms with Crippen molar-refractivity contribution in [2.75, 3.05) is 38.7 Å². The van der Waals surface area contributed by atoms with Crippen molar-refractivity contribution in [3.05, 3.63) is 18.2 Å². The molecule has 1 rings (SSSR count). The number of hydrogen-bond donors (Lipinski definition) is 2. The van der Waals surface area contributed by atoms with Crippen LogP contribution in [-0.4, -0.2) is 44.3 Å². The lowest BCUT2D eigenvalue weighted by Crippen LogP contribution is -2.32. The molecule has 0 radical (unpaired) electrons. The highest BCUT2D eigenvalue weighted by atomic mass is 16.5. The molecule has 0 bridgehead atoms. The Morgan fingerprint density at radius 3 is 3.00 bits per heavy atom. The molecule has 1 aromatic heterocycles. The summed E-state index contributed by atoms with van der Waals surface area (Å²) in [4.78, 5) is 15.6. The molecule has 1 aromatic rings. The van der Waals surface area contributed by atoms with E-state index in [-0.39, 0.29) is 12.5 Å². The lowest BCUT2D eigenvalue weighted by molar-refractivity contribution is -0.119. The summed E-state index contributed by atoms with van der Waals surface area (Å²) in [5.74, 6) is 1.06. The van der Waals surface area contributed by atoms with Gasteiger partial charge in [0.2, 0.25) is 11.8 Å². The molecule has 6 heteroatoms. The molecule has 0 saturated heterocycles. The van der Waals surface area contributed by atoms with Crippen molar-refractivity contribution < 1.29 is 14.3 Å². The Bertz CT molecular complexity index is 371. The van der Waals surface area contributed by atoms with Crippen LogP contribution in [0.5, 0.6) is 5.88 Å². The summed E-state index contributed by atoms with van der Waals surface area (Å²) in [5, 5.41) is 5.63. The second-order valence-electron chi connectivity index (χ2n) is 3.49. The number of methoxy groups -OCH3 is 1. The van der Waals surface area contributed by atoms with Crippen LogP contribution in [0.15, 0.2) is 18.2 Å². The third-order valence-corrected chi connectivity index (χ3v) is 2.07. The number of nitrogens with zero attached hydrogens (tertiary/aromatic N) is 1. The lowest BCUT2D eigenvalue weighted by atomic mass is 10.4. The highest BCUT2D eigenvalue weighted by Gasteiger charge is 2.02. The number of amides is 1. The minimum absolute atomic E-state index is 0.101. The van der Waals surface area contributed by atoms with E-state index in [1.165, 1.54) is 0 Å². The fourth-order valence-electron chi connectivity index (χ4n) is 1.27. The maximum atomic E-state index is 11.4. The second kappa shape index (κ2) is 8.30. The van der Waals surface area contributed by atoms with Crippen molar-refractivity contribution in [2.45, 2.75) is 6.92 Å². The molecule has 0 aliphatic carbocycles. The van der Waals surface area contributed by atoms with Gasteiger partial charge < -0.3 is 20.1 Å². The number of nitrogens with one attached hydrogen (secondary N) is 2. The summed E-state index contributed by atoms with van der Waals surface area (Å²) in [5.41, 5.74) is 0. The Hall–Kier alpha value is -1.82. The molecular formula is C12H19N3O3. The van der Waals surface area contributed by atoms with E-state index in [0.29, 0.717) is 31.5 Å². The molecule has 18 heavy (non-hydrogen) atoms. The molecule has 100 valence electrons. The maximum absolute atomic E-state index is 11.4. The van der Waals surface area contributed by atoms with Crippen molar-refractivity contribution in [3.63, 3.8) is 0 Å². The van der Waals surface area contributed by atoms with Gasteiger partial charge >= 0.3 is 0 Å². The van der Waals surface area contributed by atoms with Gasteiger partial charge in [0, 0.05) is 19.7 Å². The van der Waals surface area contributed by atoms with E-state index in [4.69, 9.17) is 9.47 Å². The van der Waals surface area contributed by atoms with Crippen LogP contribution in [0.1, 0.15) is 6.92 Å². The van der Waals surface area contributed by atoms with Crippen molar-refractivity contribution >= 4 is 11.7 Å². The summed E-state index contributed by atoms with van der Waals surface area (Å²) in [7, 11) is 1.59. The van der Waals surface area contributed by atoms with Gasteiger partial charge in [-0.15, -0.1) is 0 Å². The minimum atomic E-state index is -0.101. The monoisotopic (exact) mass is 253 g/mol. The zero-order chi connectivity index (χ0) is 13.2. The van der Waals surface area contributed by atoms with Gasteiger partial charge in [-0.25, -0.2) is 0 Å². The number of carbonyl (C=O) groups is 1. The van der Waals surface area contributed by atoms with Crippen molar-refractivity contribution in [1.82, 2.24) is 10.3 Å². The number of rotatable bonds is 8. The number of aromatic nitrogens is 1. The van der Waals surface area contributed by atoms with Crippen LogP contribution < -0.4 is 15.4 Å². The second-order valence-corrected chi connectivity index (χ2v) is 3.49. The molecule has 0 fully saturated rings. The molecular weight excluding hydrogens is 234 g/mol. The third kappa shape index (κ3) is 5.49. The van der Waals surface area contributed by atoms with Gasteiger partial charge in [0.25, 0.3) is 0 Å². The SMILES string of the molecule is CCOc1cccc(NCC(=O)NCCOC)n1. The predicted octanol–water partition coefficient (Wildman–Crippen LogP) is 0.655. The molecule has 1 amide bonds. The summed E-state index contributed by atoms with van der Waals surface area (Å²) in [6.07, 6.45) is 0. The quantitative estimate of drug-likeness (QED) is 0.666. The molecule has 1 heterocycles. The first kappa shape index (κ1) is 14.2. The molecule has 6 nitrogen and oxygen atoms in total. The summed E-state index contributed by atoms with van der Waals surface area (Å²) in [6.45, 7) is 3.64. The van der Waals surface area contributed by atoms with E-state index < -0.39 is 0 Å². The minimum Gasteiger partial charge on any atom is -0.478 e. The van der Waals surface area contributed by atoms with E-state index in [1.807, 2.05) is 13.0 Å². The van der Waals surface area contributed by atoms with Crippen molar-refractivity contribution in [1.29, 1.82) is 0 Å². The zero-order valence-corrected chi connectivity index (χ0v) is 10.7. The largest absolute Gasteiger partial charge is 0.478 e. The van der Waals surface area contributed by atoms with Gasteiger partial charge in [-0.05, 0) is 13.0 Å². The standard InChI is InChI=1S/C12H19N3O3/c1-3-18-12-6-4-5-10(15-12)14-9-11(16)13-7-8-17-2/h4-6H,3,7-9H2,1-2H3,(H,13,16)(H,14,15). The number of pyridine rings is 1. The molecule has 0 aromatic carbocycles. The number of carbonyl (C=O) groups excluding carboxylic acids is 1. The smallest absolute Gasteiger partial charge is 0.239 e. The summed E-state index contributed by atoms with van der Waals surface area (Å²) >= 11 is 0. The van der Waals surface area contributed by atoms with Gasteiger partial charge in [0.1, 0.15) is 5.82 Å². The molecule has 0 aliphatic rings. The first-order chi connectivity index (χ1) is 8.76. The molecule has 2 N–H and O–H groups in total. The van der Waals surface area contributed by atoms with Gasteiger partial charge in [0.15, 0.2) is 0 Å². The Morgan fingerprint density at radius 1 is 1.44 bits per heavy atom. The number of hydrogen-bond acceptors (Lipinski definition) is 5. The summed E-state index contributed by atoms with van der Waals surface area (Å²) < 4.78 is 10.1. The van der Waals surface area contributed by atoms with Crippen LogP contribution in [0.4, 0.5) is 5.82 Å². The van der Waals surface area contributed by atoms with E-state index in [1.54, 1.807) is 19.2 Å². The van der Waals surface area contributed by atoms with Gasteiger partial charge in [-0.3, -0.25) is 4.79 Å². The lowest BCUT2D eigenvalue weighted by Gasteiger charge is -2.08. The average Bonchev–Trinajstić information content (AvgIpc) is 2.38. The third-order valence-electron chi connectivity index (χ3n) is 2.07. The fraction of sp³-hybridized carbons (Fsp3) is 0.500. The molecule has 0 aliphatic heterocycles. The zero-order valence-electron chi connectivity index (χ0n) is 10.7. The first-order valence-electron chi connectivity index (χ1n) is 5.85. The first-order valence-corrected chi connectivity index (χ1v) is 5.85. The predicted molar refractivity (Wildman–Crippen MR) is 68.8 cm³/mol. The molecule has 0 unspecified atom stereocenters. The Balaban J connectivity index is 2.33. The number of anilines is 1. The van der Waals surface area contributed by atoms with Crippen LogP contribution in [0, 0.1) is 0 Å². The van der Waals surface area contributed by atoms with Gasteiger partial charge in [-0.2, -0.15) is 4.98 Å².